The van der Waals surface area contributed by atoms with E-state index in [9.17, 15) is 8.78 Å². The molecule has 0 bridgehead atoms. The van der Waals surface area contributed by atoms with Gasteiger partial charge in [-0.05, 0) is 12.1 Å². The highest BCUT2D eigenvalue weighted by atomic mass is 35.5. The number of halogens is 3. The number of hydrogen-bond acceptors (Lipinski definition) is 7. The van der Waals surface area contributed by atoms with Gasteiger partial charge >= 0.3 is 5.92 Å². The van der Waals surface area contributed by atoms with Crippen LogP contribution < -0.4 is 5.73 Å². The summed E-state index contributed by atoms with van der Waals surface area (Å²) in [5.74, 6) is -3.26. The molecule has 4 aromatic rings. The fourth-order valence-electron chi connectivity index (χ4n) is 2.63. The van der Waals surface area contributed by atoms with Gasteiger partial charge in [0.05, 0.1) is 11.9 Å². The third kappa shape index (κ3) is 4.42. The van der Waals surface area contributed by atoms with E-state index in [1.54, 1.807) is 30.5 Å². The smallest absolute Gasteiger partial charge is 0.331 e. The molecule has 0 aliphatic heterocycles. The molecule has 0 saturated heterocycles. The largest absolute Gasteiger partial charge is 0.440 e. The van der Waals surface area contributed by atoms with Crippen molar-refractivity contribution >= 4 is 29.3 Å². The van der Waals surface area contributed by atoms with Crippen LogP contribution >= 0.6 is 23.4 Å². The lowest BCUT2D eigenvalue weighted by atomic mass is 10.1. The Kier molecular flexibility index (Phi) is 5.65. The predicted molar refractivity (Wildman–Crippen MR) is 110 cm³/mol. The van der Waals surface area contributed by atoms with Gasteiger partial charge in [0.1, 0.15) is 0 Å². The molecule has 2 aromatic heterocycles. The molecular weight excluding hydrogens is 432 g/mol. The quantitative estimate of drug-likeness (QED) is 0.408. The van der Waals surface area contributed by atoms with E-state index in [2.05, 4.69) is 19.9 Å². The van der Waals surface area contributed by atoms with Crippen molar-refractivity contribution in [1.82, 2.24) is 19.9 Å². The molecule has 2 N–H and O–H groups in total. The Hall–Kier alpha value is -3.04. The normalized spacial score (nSPS) is 11.6. The Balaban J connectivity index is 1.52. The minimum absolute atomic E-state index is 0.0515. The van der Waals surface area contributed by atoms with Crippen LogP contribution in [-0.2, 0) is 11.7 Å². The predicted octanol–water partition coefficient (Wildman–Crippen LogP) is 5.19. The van der Waals surface area contributed by atoms with Crippen LogP contribution in [0.15, 0.2) is 70.4 Å². The zero-order valence-corrected chi connectivity index (χ0v) is 16.9. The number of oxazole rings is 1. The van der Waals surface area contributed by atoms with Crippen molar-refractivity contribution < 1.29 is 13.2 Å². The van der Waals surface area contributed by atoms with Gasteiger partial charge in [0.25, 0.3) is 0 Å². The summed E-state index contributed by atoms with van der Waals surface area (Å²) in [5.41, 5.74) is 6.18. The average Bonchev–Trinajstić information content (AvgIpc) is 3.22. The van der Waals surface area contributed by atoms with Crippen LogP contribution in [-0.4, -0.2) is 19.9 Å². The molecule has 6 nitrogen and oxygen atoms in total. The fourth-order valence-corrected chi connectivity index (χ4v) is 3.52. The third-order valence-corrected chi connectivity index (χ3v) is 5.10. The molecule has 2 heterocycles. The third-order valence-electron chi connectivity index (χ3n) is 4.04. The maximum Gasteiger partial charge on any atom is 0.331 e. The number of rotatable bonds is 6. The molecule has 152 valence electrons. The summed E-state index contributed by atoms with van der Waals surface area (Å²) in [6.45, 7) is 0. The number of hydrogen-bond donors (Lipinski definition) is 1. The lowest BCUT2D eigenvalue weighted by Gasteiger charge is -2.15. The average molecular weight is 446 g/mol. The van der Waals surface area contributed by atoms with Gasteiger partial charge < -0.3 is 10.2 Å². The first-order chi connectivity index (χ1) is 14.4. The monoisotopic (exact) mass is 445 g/mol. The zero-order chi connectivity index (χ0) is 21.1. The van der Waals surface area contributed by atoms with Gasteiger partial charge in [-0.25, -0.2) is 9.97 Å². The van der Waals surface area contributed by atoms with E-state index < -0.39 is 11.7 Å². The second kappa shape index (κ2) is 8.37. The van der Waals surface area contributed by atoms with E-state index in [-0.39, 0.29) is 22.4 Å². The molecule has 2 aromatic carbocycles. The van der Waals surface area contributed by atoms with Crippen LogP contribution in [0.4, 0.5) is 14.7 Å². The van der Waals surface area contributed by atoms with Crippen LogP contribution in [0.1, 0.15) is 17.3 Å². The van der Waals surface area contributed by atoms with Gasteiger partial charge in [0.2, 0.25) is 17.7 Å². The maximum atomic E-state index is 14.8. The van der Waals surface area contributed by atoms with Crippen molar-refractivity contribution in [3.63, 3.8) is 0 Å². The molecule has 0 aliphatic carbocycles. The molecule has 0 saturated carbocycles. The van der Waals surface area contributed by atoms with Gasteiger partial charge in [0, 0.05) is 16.1 Å². The van der Waals surface area contributed by atoms with Crippen LogP contribution in [0.2, 0.25) is 5.02 Å². The summed E-state index contributed by atoms with van der Waals surface area (Å²) in [4.78, 5) is 15.7. The van der Waals surface area contributed by atoms with Crippen LogP contribution in [0.5, 0.6) is 0 Å². The zero-order valence-electron chi connectivity index (χ0n) is 15.3. The summed E-state index contributed by atoms with van der Waals surface area (Å²) < 4.78 is 35.3. The summed E-state index contributed by atoms with van der Waals surface area (Å²) in [6.07, 6.45) is 1.57. The van der Waals surface area contributed by atoms with Crippen molar-refractivity contribution in [2.24, 2.45) is 0 Å². The number of alkyl halides is 2. The van der Waals surface area contributed by atoms with Gasteiger partial charge in [-0.3, -0.25) is 0 Å². The lowest BCUT2D eigenvalue weighted by Crippen LogP contribution is -2.21. The summed E-state index contributed by atoms with van der Waals surface area (Å²) in [7, 11) is 0. The molecule has 10 heteroatoms. The van der Waals surface area contributed by atoms with E-state index in [0.717, 1.165) is 17.3 Å². The minimum atomic E-state index is -3.41. The highest BCUT2D eigenvalue weighted by Gasteiger charge is 2.38. The first-order valence-corrected chi connectivity index (χ1v) is 10.1. The van der Waals surface area contributed by atoms with Crippen molar-refractivity contribution in [3.8, 4) is 11.3 Å². The summed E-state index contributed by atoms with van der Waals surface area (Å²) >= 11 is 7.06. The Labute approximate surface area is 179 Å². The van der Waals surface area contributed by atoms with E-state index in [1.165, 1.54) is 24.3 Å². The lowest BCUT2D eigenvalue weighted by molar-refractivity contribution is 0.0319. The van der Waals surface area contributed by atoms with Gasteiger partial charge in [0.15, 0.2) is 10.9 Å². The number of thioether (sulfide) groups is 1. The topological polar surface area (TPSA) is 90.7 Å². The van der Waals surface area contributed by atoms with Crippen molar-refractivity contribution in [2.45, 2.75) is 16.8 Å². The van der Waals surface area contributed by atoms with Crippen LogP contribution in [0, 0.1) is 0 Å². The second-order valence-electron chi connectivity index (χ2n) is 6.16. The highest BCUT2D eigenvalue weighted by Crippen LogP contribution is 2.34. The SMILES string of the molecule is Nc1nc(SCc2ncc(-c3cccc(Cl)c3)o2)nc(C(F)(F)c2ccccc2)n1. The molecule has 0 fully saturated rings. The van der Waals surface area contributed by atoms with Crippen LogP contribution in [0.25, 0.3) is 11.3 Å². The molecule has 0 radical (unpaired) electrons. The standard InChI is InChI=1S/C20H14ClF2N5OS/c21-14-8-4-5-12(9-14)15-10-25-16(29-15)11-30-19-27-17(26-18(24)28-19)20(22,23)13-6-2-1-3-7-13/h1-10H,11H2,(H2,24,26,27,28). The van der Waals surface area contributed by atoms with Gasteiger partial charge in [-0.15, -0.1) is 0 Å². The second-order valence-corrected chi connectivity index (χ2v) is 7.54. The van der Waals surface area contributed by atoms with E-state index in [1.807, 2.05) is 6.07 Å². The van der Waals surface area contributed by atoms with Crippen LogP contribution in [0.3, 0.4) is 0 Å². The molecule has 30 heavy (non-hydrogen) atoms. The number of benzene rings is 2. The number of nitrogens with two attached hydrogens (primary N) is 1. The fraction of sp³-hybridized carbons (Fsp3) is 0.100. The minimum Gasteiger partial charge on any atom is -0.440 e. The molecule has 0 unspecified atom stereocenters. The Morgan fingerprint density at radius 3 is 2.60 bits per heavy atom. The molecule has 0 aliphatic rings. The van der Waals surface area contributed by atoms with E-state index in [4.69, 9.17) is 21.8 Å². The number of aromatic nitrogens is 4. The van der Waals surface area contributed by atoms with Crippen molar-refractivity contribution in [3.05, 3.63) is 83.1 Å². The Morgan fingerprint density at radius 2 is 1.83 bits per heavy atom. The van der Waals surface area contributed by atoms with E-state index in [0.29, 0.717) is 16.7 Å². The van der Waals surface area contributed by atoms with E-state index >= 15 is 0 Å². The number of nitrogen functional groups attached to an aromatic ring is 1. The summed E-state index contributed by atoms with van der Waals surface area (Å²) in [6, 6.07) is 14.4. The van der Waals surface area contributed by atoms with Crippen molar-refractivity contribution in [1.29, 1.82) is 0 Å². The first kappa shape index (κ1) is 20.2. The Morgan fingerprint density at radius 1 is 1.03 bits per heavy atom. The molecule has 0 amide bonds. The molecule has 0 atom stereocenters. The number of anilines is 1. The first-order valence-electron chi connectivity index (χ1n) is 8.70. The molecule has 4 rings (SSSR count). The van der Waals surface area contributed by atoms with Gasteiger partial charge in [-0.2, -0.15) is 18.7 Å². The molecule has 0 spiro atoms. The van der Waals surface area contributed by atoms with Crippen molar-refractivity contribution in [2.75, 3.05) is 5.73 Å². The van der Waals surface area contributed by atoms with Gasteiger partial charge in [-0.1, -0.05) is 65.8 Å². The maximum absolute atomic E-state index is 14.8. The summed E-state index contributed by atoms with van der Waals surface area (Å²) in [5, 5.41) is 0.628. The number of nitrogens with zero attached hydrogens (tertiary/aromatic N) is 4. The molecular formula is C20H14ClF2N5OS. The Bertz CT molecular complexity index is 1170. The highest BCUT2D eigenvalue weighted by molar-refractivity contribution is 7.98.